The zero-order valence-corrected chi connectivity index (χ0v) is 36.2. The predicted molar refractivity (Wildman–Crippen MR) is 229 cm³/mol. The molecule has 9 nitrogen and oxygen atoms in total. The molecule has 0 bridgehead atoms. The topological polar surface area (TPSA) is 84.8 Å². The van der Waals surface area contributed by atoms with Crippen LogP contribution in [0.25, 0.3) is 83.0 Å². The molecule has 0 atom stereocenters. The summed E-state index contributed by atoms with van der Waals surface area (Å²) in [6, 6.07) is 60.2. The molecule has 0 aliphatic rings. The van der Waals surface area contributed by atoms with Crippen molar-refractivity contribution in [2.24, 2.45) is 0 Å². The zero-order valence-electron chi connectivity index (χ0n) is 31.7. The van der Waals surface area contributed by atoms with E-state index in [1.54, 1.807) is 30.9 Å². The summed E-state index contributed by atoms with van der Waals surface area (Å²) in [7, 11) is 0. The van der Waals surface area contributed by atoms with E-state index in [-0.39, 0.29) is 42.1 Å². The van der Waals surface area contributed by atoms with E-state index in [1.807, 2.05) is 102 Å². The van der Waals surface area contributed by atoms with Crippen molar-refractivity contribution in [3.8, 4) is 40.6 Å². The maximum absolute atomic E-state index is 6.53. The molecule has 0 saturated heterocycles. The number of pyridine rings is 2. The molecule has 0 fully saturated rings. The first-order valence-corrected chi connectivity index (χ1v) is 19.0. The Kier molecular flexibility index (Phi) is 9.79. The monoisotopic (exact) mass is 1150 g/mol. The Morgan fingerprint density at radius 1 is 0.328 bits per heavy atom. The molecule has 12 rings (SSSR count). The first kappa shape index (κ1) is 38.3. The van der Waals surface area contributed by atoms with Gasteiger partial charge in [0.1, 0.15) is 11.6 Å². The molecule has 0 saturated carbocycles. The summed E-state index contributed by atoms with van der Waals surface area (Å²) in [5, 5.41) is 6.21. The van der Waals surface area contributed by atoms with Crippen molar-refractivity contribution in [3.63, 3.8) is 0 Å². The van der Waals surface area contributed by atoms with Crippen molar-refractivity contribution in [3.05, 3.63) is 189 Å². The number of fused-ring (bicyclic) bond motifs is 9. The van der Waals surface area contributed by atoms with Crippen LogP contribution in [0.2, 0.25) is 0 Å². The maximum atomic E-state index is 6.53. The molecule has 11 heteroatoms. The second-order valence-electron chi connectivity index (χ2n) is 14.0. The average molecular weight is 1150 g/mol. The molecule has 0 aliphatic carbocycles. The molecule has 6 aromatic carbocycles. The normalized spacial score (nSPS) is 11.3. The summed E-state index contributed by atoms with van der Waals surface area (Å²) in [6.45, 7) is 0. The van der Waals surface area contributed by atoms with E-state index in [0.717, 1.165) is 77.1 Å². The predicted octanol–water partition coefficient (Wildman–Crippen LogP) is 11.3. The fourth-order valence-corrected chi connectivity index (χ4v) is 8.10. The van der Waals surface area contributed by atoms with Gasteiger partial charge in [-0.3, -0.25) is 0 Å². The van der Waals surface area contributed by atoms with E-state index < -0.39 is 0 Å². The third-order valence-electron chi connectivity index (χ3n) is 10.6. The molecule has 0 N–H and O–H groups in total. The Morgan fingerprint density at radius 2 is 0.689 bits per heavy atom. The van der Waals surface area contributed by atoms with Gasteiger partial charge in [-0.1, -0.05) is 70.6 Å². The number of ether oxygens (including phenoxy) is 2. The molecule has 0 radical (unpaired) electrons. The molecule has 12 aromatic rings. The Balaban J connectivity index is 0.00000223. The number of hydrogen-bond donors (Lipinski definition) is 0. The number of benzene rings is 6. The van der Waals surface area contributed by atoms with Gasteiger partial charge in [-0.15, -0.1) is 59.3 Å². The third-order valence-corrected chi connectivity index (χ3v) is 10.6. The summed E-state index contributed by atoms with van der Waals surface area (Å²) in [5.74, 6) is 4.19. The summed E-state index contributed by atoms with van der Waals surface area (Å²) >= 11 is 0. The molecule has 6 heterocycles. The number of aromatic nitrogens is 7. The van der Waals surface area contributed by atoms with Crippen molar-refractivity contribution < 1.29 is 51.6 Å². The Labute approximate surface area is 377 Å². The van der Waals surface area contributed by atoms with Crippen molar-refractivity contribution >= 4 is 65.4 Å². The van der Waals surface area contributed by atoms with Crippen molar-refractivity contribution in [1.82, 2.24) is 33.6 Å². The summed E-state index contributed by atoms with van der Waals surface area (Å²) < 4.78 is 19.2. The SMILES string of the molecule is [Pt+2].[Pt+2].[c-]1c(Oc2[c-]c3c(cc2)c2ccccc2n3-c2ccccn2)ccc2c3ccc(Oc4[c-]c5c(cc4)c4ccccc4n5-c4ccccn4)[c-]c3n(-c3ncccn3)c12. The summed E-state index contributed by atoms with van der Waals surface area (Å²) in [5.41, 5.74) is 5.28. The van der Waals surface area contributed by atoms with Crippen molar-refractivity contribution in [2.45, 2.75) is 0 Å². The van der Waals surface area contributed by atoms with E-state index >= 15 is 0 Å². The van der Waals surface area contributed by atoms with Crippen molar-refractivity contribution in [1.29, 1.82) is 0 Å². The van der Waals surface area contributed by atoms with E-state index in [1.165, 1.54) is 0 Å². The molecular formula is C50H27N7O2Pt2. The van der Waals surface area contributed by atoms with Crippen LogP contribution < -0.4 is 9.47 Å². The quantitative estimate of drug-likeness (QED) is 0.148. The van der Waals surface area contributed by atoms with Crippen LogP contribution in [0.15, 0.2) is 164 Å². The van der Waals surface area contributed by atoms with Crippen molar-refractivity contribution in [2.75, 3.05) is 0 Å². The Bertz CT molecular complexity index is 3350. The molecule has 0 aliphatic heterocycles. The van der Waals surface area contributed by atoms with E-state index in [2.05, 4.69) is 89.7 Å². The molecule has 0 amide bonds. The number of hydrogen-bond acceptors (Lipinski definition) is 6. The molecular weight excluding hydrogens is 1120 g/mol. The van der Waals surface area contributed by atoms with Gasteiger partial charge in [-0.2, -0.15) is 35.0 Å². The van der Waals surface area contributed by atoms with E-state index in [9.17, 15) is 0 Å². The maximum Gasteiger partial charge on any atom is 2.00 e. The van der Waals surface area contributed by atoms with Gasteiger partial charge in [-0.25, -0.2) is 19.9 Å². The van der Waals surface area contributed by atoms with Gasteiger partial charge < -0.3 is 23.2 Å². The number of para-hydroxylation sites is 2. The summed E-state index contributed by atoms with van der Waals surface area (Å²) in [6.07, 6.45) is 7.03. The van der Waals surface area contributed by atoms with Crippen LogP contribution in [0.5, 0.6) is 23.0 Å². The fourth-order valence-electron chi connectivity index (χ4n) is 8.10. The number of rotatable bonds is 7. The van der Waals surface area contributed by atoms with Gasteiger partial charge in [0.2, 0.25) is 5.95 Å². The minimum Gasteiger partial charge on any atom is -0.509 e. The summed E-state index contributed by atoms with van der Waals surface area (Å²) in [4.78, 5) is 18.6. The van der Waals surface area contributed by atoms with Gasteiger partial charge in [0.15, 0.2) is 0 Å². The van der Waals surface area contributed by atoms with Crippen LogP contribution in [-0.4, -0.2) is 33.6 Å². The Hall–Kier alpha value is -6.92. The fraction of sp³-hybridized carbons (Fsp3) is 0. The molecule has 0 spiro atoms. The van der Waals surface area contributed by atoms with Crippen LogP contribution in [0.4, 0.5) is 0 Å². The van der Waals surface area contributed by atoms with Crippen LogP contribution in [0.1, 0.15) is 0 Å². The van der Waals surface area contributed by atoms with E-state index in [4.69, 9.17) is 9.47 Å². The largest absolute Gasteiger partial charge is 2.00 e. The number of nitrogens with zero attached hydrogens (tertiary/aromatic N) is 7. The zero-order chi connectivity index (χ0) is 38.9. The smallest absolute Gasteiger partial charge is 0.509 e. The Morgan fingerprint density at radius 3 is 1.10 bits per heavy atom. The third kappa shape index (κ3) is 6.40. The van der Waals surface area contributed by atoms with Gasteiger partial charge in [0, 0.05) is 58.8 Å². The van der Waals surface area contributed by atoms with Gasteiger partial charge in [-0.05, 0) is 53.2 Å². The van der Waals surface area contributed by atoms with Crippen LogP contribution in [0.3, 0.4) is 0 Å². The molecule has 6 aromatic heterocycles. The van der Waals surface area contributed by atoms with E-state index in [0.29, 0.717) is 28.9 Å². The van der Waals surface area contributed by atoms with Crippen LogP contribution >= 0.6 is 0 Å². The second kappa shape index (κ2) is 15.6. The minimum absolute atomic E-state index is 0. The van der Waals surface area contributed by atoms with Gasteiger partial charge >= 0.3 is 42.1 Å². The first-order chi connectivity index (χ1) is 29.2. The van der Waals surface area contributed by atoms with Crippen LogP contribution in [0, 0.1) is 24.3 Å². The molecule has 61 heavy (non-hydrogen) atoms. The second-order valence-corrected chi connectivity index (χ2v) is 14.0. The van der Waals surface area contributed by atoms with Gasteiger partial charge in [0.05, 0.1) is 0 Å². The average Bonchev–Trinajstić information content (AvgIpc) is 3.92. The minimum atomic E-state index is 0. The molecule has 294 valence electrons. The van der Waals surface area contributed by atoms with Crippen LogP contribution in [-0.2, 0) is 42.1 Å². The standard InChI is InChI=1S/C50H27N7O2.2Pt/c1-3-12-42-36(10-1)38-20-16-32(28-44(38)55(42)48-14-5-7-24-51-48)58-34-18-22-40-41-23-19-35(31-47(41)57(46(40)30-34)50-53-26-9-27-54-50)59-33-17-21-39-37-11-2-4-13-43(37)56(45(39)29-33)49-15-6-8-25-52-49;;/h1-27H;;/q-4;2*+2. The first-order valence-electron chi connectivity index (χ1n) is 19.0. The van der Waals surface area contributed by atoms with Gasteiger partial charge in [0.25, 0.3) is 0 Å². The molecule has 0 unspecified atom stereocenters.